The van der Waals surface area contributed by atoms with Crippen molar-refractivity contribution in [3.05, 3.63) is 137 Å². The third kappa shape index (κ3) is 4.99. The first kappa shape index (κ1) is 36.0. The van der Waals surface area contributed by atoms with Crippen LogP contribution in [0.3, 0.4) is 0 Å². The zero-order chi connectivity index (χ0) is 39.3. The SMILES string of the molecule is CC1(C)CCC(C)(C)c2c(N(c3ccc4c(c3)C3(c5c(-c6ccccc6)cccc5-4)C4CC5CC(C4)CC3C5)c3cccc4c3C(C)(C)CCC4(C)C)cccc21. The van der Waals surface area contributed by atoms with Gasteiger partial charge >= 0.3 is 0 Å². The average Bonchev–Trinajstić information content (AvgIpc) is 3.48. The maximum atomic E-state index is 2.79. The minimum atomic E-state index is 0.0426. The number of nitrogens with zero attached hydrogens (tertiary/aromatic N) is 1. The second kappa shape index (κ2) is 12.0. The van der Waals surface area contributed by atoms with E-state index in [0.29, 0.717) is 11.8 Å². The lowest BCUT2D eigenvalue weighted by molar-refractivity contribution is -0.0397. The molecule has 57 heavy (non-hydrogen) atoms. The van der Waals surface area contributed by atoms with Gasteiger partial charge in [0.05, 0.1) is 11.4 Å². The van der Waals surface area contributed by atoms with Gasteiger partial charge in [-0.1, -0.05) is 134 Å². The molecule has 0 unspecified atom stereocenters. The third-order valence-corrected chi connectivity index (χ3v) is 17.1. The Balaban J connectivity index is 1.21. The molecule has 0 radical (unpaired) electrons. The summed E-state index contributed by atoms with van der Waals surface area (Å²) in [5, 5.41) is 0. The van der Waals surface area contributed by atoms with Crippen LogP contribution in [0.4, 0.5) is 17.1 Å². The highest BCUT2D eigenvalue weighted by Gasteiger charge is 2.62. The predicted molar refractivity (Wildman–Crippen MR) is 240 cm³/mol. The number of hydrogen-bond donors (Lipinski definition) is 0. The van der Waals surface area contributed by atoms with Gasteiger partial charge in [0.1, 0.15) is 0 Å². The van der Waals surface area contributed by atoms with Gasteiger partial charge in [0.2, 0.25) is 0 Å². The highest BCUT2D eigenvalue weighted by Crippen LogP contribution is 2.71. The molecule has 1 heteroatoms. The monoisotopic (exact) mass is 749 g/mol. The Morgan fingerprint density at radius 2 is 0.930 bits per heavy atom. The van der Waals surface area contributed by atoms with E-state index in [4.69, 9.17) is 0 Å². The molecule has 7 aliphatic carbocycles. The van der Waals surface area contributed by atoms with Crippen LogP contribution in [0.25, 0.3) is 22.3 Å². The van der Waals surface area contributed by atoms with E-state index < -0.39 is 0 Å². The molecule has 0 aromatic heterocycles. The molecule has 0 heterocycles. The van der Waals surface area contributed by atoms with Gasteiger partial charge in [-0.05, 0) is 183 Å². The van der Waals surface area contributed by atoms with Crippen molar-refractivity contribution in [1.29, 1.82) is 0 Å². The van der Waals surface area contributed by atoms with Gasteiger partial charge in [-0.3, -0.25) is 0 Å². The van der Waals surface area contributed by atoms with Crippen molar-refractivity contribution in [3.63, 3.8) is 0 Å². The molecule has 0 N–H and O–H groups in total. The van der Waals surface area contributed by atoms with E-state index in [9.17, 15) is 0 Å². The minimum absolute atomic E-state index is 0.0426. The Bertz CT molecular complexity index is 2330. The van der Waals surface area contributed by atoms with Crippen LogP contribution in [0.2, 0.25) is 0 Å². The number of hydrogen-bond acceptors (Lipinski definition) is 1. The lowest BCUT2D eigenvalue weighted by atomic mass is 9.42. The first-order valence-corrected chi connectivity index (χ1v) is 22.6. The second-order valence-electron chi connectivity index (χ2n) is 22.3. The molecule has 12 rings (SSSR count). The molecular weight excluding hydrogens is 687 g/mol. The highest BCUT2D eigenvalue weighted by molar-refractivity contribution is 5.92. The van der Waals surface area contributed by atoms with Crippen molar-refractivity contribution >= 4 is 17.1 Å². The number of benzene rings is 5. The van der Waals surface area contributed by atoms with Gasteiger partial charge in [0, 0.05) is 11.1 Å². The molecule has 0 amide bonds. The zero-order valence-corrected chi connectivity index (χ0v) is 35.9. The fourth-order valence-electron chi connectivity index (χ4n) is 14.4. The van der Waals surface area contributed by atoms with Gasteiger partial charge in [0.25, 0.3) is 0 Å². The molecule has 4 saturated carbocycles. The topological polar surface area (TPSA) is 3.24 Å². The first-order valence-electron chi connectivity index (χ1n) is 22.6. The Hall–Kier alpha value is -4.10. The normalized spacial score (nSPS) is 28.7. The van der Waals surface area contributed by atoms with Crippen molar-refractivity contribution in [3.8, 4) is 22.3 Å². The largest absolute Gasteiger partial charge is 0.310 e. The zero-order valence-electron chi connectivity index (χ0n) is 35.9. The van der Waals surface area contributed by atoms with Crippen LogP contribution in [0, 0.1) is 23.7 Å². The lowest BCUT2D eigenvalue weighted by Gasteiger charge is -2.61. The molecule has 5 aromatic carbocycles. The maximum Gasteiger partial charge on any atom is 0.0502 e. The lowest BCUT2D eigenvalue weighted by Crippen LogP contribution is -2.55. The summed E-state index contributed by atoms with van der Waals surface area (Å²) in [6.07, 6.45) is 11.8. The average molecular weight is 750 g/mol. The Morgan fingerprint density at radius 3 is 1.49 bits per heavy atom. The van der Waals surface area contributed by atoms with E-state index in [-0.39, 0.29) is 27.1 Å². The Morgan fingerprint density at radius 1 is 0.421 bits per heavy atom. The van der Waals surface area contributed by atoms with Crippen LogP contribution >= 0.6 is 0 Å². The highest BCUT2D eigenvalue weighted by atomic mass is 15.2. The summed E-state index contributed by atoms with van der Waals surface area (Å²) >= 11 is 0. The fourth-order valence-corrected chi connectivity index (χ4v) is 14.4. The molecule has 0 saturated heterocycles. The molecule has 4 fully saturated rings. The number of anilines is 3. The van der Waals surface area contributed by atoms with E-state index >= 15 is 0 Å². The van der Waals surface area contributed by atoms with Crippen molar-refractivity contribution in [2.24, 2.45) is 23.7 Å². The standard InChI is InChI=1S/C56H63N/c1-52(2)25-27-54(5,6)50-44(52)19-13-21-47(50)57(48-22-14-20-45-51(48)55(7,8)28-26-53(45,3)4)40-23-24-42-43-18-12-17-41(37-15-10-9-11-16-37)49(43)56(46(42)34-40)38-30-35-29-36(32-38)33-39(56)31-35/h9-24,34-36,38-39H,25-33H2,1-8H3. The molecule has 5 aromatic rings. The van der Waals surface area contributed by atoms with Crippen LogP contribution in [0.5, 0.6) is 0 Å². The predicted octanol–water partition coefficient (Wildman–Crippen LogP) is 15.2. The van der Waals surface area contributed by atoms with E-state index in [2.05, 4.69) is 163 Å². The number of fused-ring (bicyclic) bond motifs is 5. The molecular formula is C56H63N. The quantitative estimate of drug-likeness (QED) is 0.177. The molecule has 292 valence electrons. The van der Waals surface area contributed by atoms with Gasteiger partial charge in [0.15, 0.2) is 0 Å². The maximum absolute atomic E-state index is 2.79. The summed E-state index contributed by atoms with van der Waals surface area (Å²) in [4.78, 5) is 2.79. The Labute approximate surface area is 343 Å². The minimum Gasteiger partial charge on any atom is -0.310 e. The van der Waals surface area contributed by atoms with Crippen molar-refractivity contribution in [1.82, 2.24) is 0 Å². The first-order chi connectivity index (χ1) is 27.2. The molecule has 4 bridgehead atoms. The number of rotatable bonds is 4. The smallest absolute Gasteiger partial charge is 0.0502 e. The van der Waals surface area contributed by atoms with Crippen molar-refractivity contribution in [2.45, 2.75) is 140 Å². The van der Waals surface area contributed by atoms with E-state index in [1.807, 2.05) is 0 Å². The summed E-state index contributed by atoms with van der Waals surface area (Å²) in [7, 11) is 0. The molecule has 7 aliphatic rings. The van der Waals surface area contributed by atoms with E-state index in [1.54, 1.807) is 22.3 Å². The summed E-state index contributed by atoms with van der Waals surface area (Å²) in [5.74, 6) is 3.18. The van der Waals surface area contributed by atoms with Gasteiger partial charge in [-0.15, -0.1) is 0 Å². The molecule has 0 atom stereocenters. The summed E-state index contributed by atoms with van der Waals surface area (Å²) in [6, 6.07) is 41.1. The summed E-state index contributed by atoms with van der Waals surface area (Å²) < 4.78 is 0. The van der Waals surface area contributed by atoms with Gasteiger partial charge in [-0.25, -0.2) is 0 Å². The Kier molecular flexibility index (Phi) is 7.58. The molecule has 1 nitrogen and oxygen atoms in total. The fraction of sp³-hybridized carbons (Fsp3) is 0.464. The van der Waals surface area contributed by atoms with Crippen LogP contribution < -0.4 is 4.90 Å². The van der Waals surface area contributed by atoms with Crippen LogP contribution in [0.15, 0.2) is 103 Å². The van der Waals surface area contributed by atoms with Crippen molar-refractivity contribution < 1.29 is 0 Å². The van der Waals surface area contributed by atoms with E-state index in [0.717, 1.165) is 11.8 Å². The van der Waals surface area contributed by atoms with Crippen LogP contribution in [-0.2, 0) is 27.1 Å². The molecule has 1 spiro atoms. The molecule has 0 aliphatic heterocycles. The van der Waals surface area contributed by atoms with E-state index in [1.165, 1.54) is 108 Å². The van der Waals surface area contributed by atoms with Gasteiger partial charge < -0.3 is 4.90 Å². The summed E-state index contributed by atoms with van der Waals surface area (Å²) in [5.41, 5.74) is 19.8. The summed E-state index contributed by atoms with van der Waals surface area (Å²) in [6.45, 7) is 20.0. The third-order valence-electron chi connectivity index (χ3n) is 17.1. The van der Waals surface area contributed by atoms with Crippen molar-refractivity contribution in [2.75, 3.05) is 4.90 Å². The second-order valence-corrected chi connectivity index (χ2v) is 22.3. The van der Waals surface area contributed by atoms with Crippen LogP contribution in [-0.4, -0.2) is 0 Å². The van der Waals surface area contributed by atoms with Gasteiger partial charge in [-0.2, -0.15) is 0 Å². The van der Waals surface area contributed by atoms with Crippen LogP contribution in [0.1, 0.15) is 147 Å².